The molecule has 2 aliphatic rings. The summed E-state index contributed by atoms with van der Waals surface area (Å²) in [7, 11) is -1.71. The van der Waals surface area contributed by atoms with Gasteiger partial charge in [0.05, 0.1) is 0 Å². The van der Waals surface area contributed by atoms with E-state index in [-0.39, 0.29) is 11.6 Å². The van der Waals surface area contributed by atoms with Crippen molar-refractivity contribution in [2.24, 2.45) is 17.3 Å². The smallest absolute Gasteiger partial charge is 0.192 e. The molecule has 2 nitrogen and oxygen atoms in total. The maximum atomic E-state index is 9.29. The van der Waals surface area contributed by atoms with Crippen LogP contribution in [0.2, 0.25) is 18.1 Å². The average Bonchev–Trinajstić information content (AvgIpc) is 2.75. The van der Waals surface area contributed by atoms with Crippen LogP contribution >= 0.6 is 0 Å². The van der Waals surface area contributed by atoms with E-state index in [2.05, 4.69) is 47.4 Å². The number of fused-ring (bicyclic) bond motifs is 1. The van der Waals surface area contributed by atoms with Crippen LogP contribution in [0.25, 0.3) is 0 Å². The second kappa shape index (κ2) is 6.65. The molecule has 134 valence electrons. The molecule has 0 heterocycles. The summed E-state index contributed by atoms with van der Waals surface area (Å²) in [6, 6.07) is 0. The molecule has 2 aliphatic carbocycles. The Kier molecular flexibility index (Phi) is 5.55. The van der Waals surface area contributed by atoms with E-state index in [0.29, 0.717) is 23.4 Å². The Labute approximate surface area is 144 Å². The molecule has 0 bridgehead atoms. The summed E-state index contributed by atoms with van der Waals surface area (Å²) < 4.78 is 6.87. The fraction of sp³-hybridized carbons (Fsp3) is 0.900. The molecule has 2 fully saturated rings. The zero-order chi connectivity index (χ0) is 17.5. The summed E-state index contributed by atoms with van der Waals surface area (Å²) in [6.07, 6.45) is 7.50. The van der Waals surface area contributed by atoms with Crippen LogP contribution in [-0.4, -0.2) is 26.1 Å². The van der Waals surface area contributed by atoms with Gasteiger partial charge in [0.2, 0.25) is 0 Å². The van der Waals surface area contributed by atoms with Gasteiger partial charge in [-0.15, -0.1) is 0 Å². The van der Waals surface area contributed by atoms with Crippen molar-refractivity contribution in [1.82, 2.24) is 0 Å². The monoisotopic (exact) mass is 338 g/mol. The molecule has 2 rings (SSSR count). The van der Waals surface area contributed by atoms with Gasteiger partial charge >= 0.3 is 0 Å². The third kappa shape index (κ3) is 3.62. The number of hydrogen-bond donors (Lipinski definition) is 1. The van der Waals surface area contributed by atoms with Crippen LogP contribution in [0.1, 0.15) is 66.2 Å². The highest BCUT2D eigenvalue weighted by Gasteiger charge is 2.53. The first kappa shape index (κ1) is 19.2. The van der Waals surface area contributed by atoms with Gasteiger partial charge in [-0.2, -0.15) is 0 Å². The average molecular weight is 339 g/mol. The minimum absolute atomic E-state index is 0.236. The van der Waals surface area contributed by atoms with E-state index < -0.39 is 8.32 Å². The lowest BCUT2D eigenvalue weighted by atomic mass is 9.63. The molecule has 0 aromatic heterocycles. The minimum Gasteiger partial charge on any atom is -0.414 e. The van der Waals surface area contributed by atoms with Crippen molar-refractivity contribution in [1.29, 1.82) is 0 Å². The van der Waals surface area contributed by atoms with Crippen molar-refractivity contribution >= 4 is 8.32 Å². The molecular formula is C20H38O2Si. The van der Waals surface area contributed by atoms with E-state index in [0.717, 1.165) is 6.42 Å². The quantitative estimate of drug-likeness (QED) is 0.527. The first-order valence-electron chi connectivity index (χ1n) is 9.49. The van der Waals surface area contributed by atoms with Gasteiger partial charge < -0.3 is 9.53 Å². The summed E-state index contributed by atoms with van der Waals surface area (Å²) in [6.45, 7) is 18.8. The first-order chi connectivity index (χ1) is 10.5. The van der Waals surface area contributed by atoms with E-state index in [9.17, 15) is 5.11 Å². The zero-order valence-corrected chi connectivity index (χ0v) is 17.2. The largest absolute Gasteiger partial charge is 0.414 e. The Hall–Kier alpha value is -0.123. The summed E-state index contributed by atoms with van der Waals surface area (Å²) in [5.41, 5.74) is 1.60. The molecule has 0 aliphatic heterocycles. The third-order valence-corrected chi connectivity index (χ3v) is 11.7. The van der Waals surface area contributed by atoms with Gasteiger partial charge in [-0.3, -0.25) is 0 Å². The molecule has 4 atom stereocenters. The van der Waals surface area contributed by atoms with Crippen molar-refractivity contribution in [2.75, 3.05) is 6.61 Å². The zero-order valence-electron chi connectivity index (χ0n) is 16.2. The lowest BCUT2D eigenvalue weighted by molar-refractivity contribution is -0.00405. The topological polar surface area (TPSA) is 29.5 Å². The predicted molar refractivity (Wildman–Crippen MR) is 101 cm³/mol. The Morgan fingerprint density at radius 1 is 1.26 bits per heavy atom. The van der Waals surface area contributed by atoms with Crippen molar-refractivity contribution < 1.29 is 9.53 Å². The van der Waals surface area contributed by atoms with Crippen LogP contribution in [0, 0.1) is 17.3 Å². The van der Waals surface area contributed by atoms with Gasteiger partial charge in [0.1, 0.15) is 0 Å². The van der Waals surface area contributed by atoms with Gasteiger partial charge in [0.25, 0.3) is 0 Å². The van der Waals surface area contributed by atoms with Crippen LogP contribution in [0.15, 0.2) is 12.2 Å². The number of hydrogen-bond acceptors (Lipinski definition) is 2. The standard InChI is InChI=1S/C20H38O2Si/c1-15(12-14-21)16-10-11-17-18(9-8-13-20(16,17)5)22-23(6,7)19(2,3)4/h16-18,21H,1,8-14H2,2-7H3/t16-,17-,18+,20-/m1/s1. The van der Waals surface area contributed by atoms with Crippen LogP contribution in [0.4, 0.5) is 0 Å². The van der Waals surface area contributed by atoms with E-state index >= 15 is 0 Å². The minimum atomic E-state index is -1.71. The van der Waals surface area contributed by atoms with Gasteiger partial charge in [-0.05, 0) is 67.5 Å². The van der Waals surface area contributed by atoms with E-state index in [1.807, 2.05) is 0 Å². The second-order valence-corrected chi connectivity index (χ2v) is 14.4. The fourth-order valence-corrected chi connectivity index (χ4v) is 6.20. The SMILES string of the molecule is C=C(CCO)[C@H]1CC[C@@H]2[C@@H](O[Si](C)(C)C(C)(C)C)CCC[C@]12C. The molecule has 0 radical (unpaired) electrons. The summed E-state index contributed by atoms with van der Waals surface area (Å²) in [4.78, 5) is 0. The molecule has 23 heavy (non-hydrogen) atoms. The van der Waals surface area contributed by atoms with Crippen LogP contribution in [0.5, 0.6) is 0 Å². The molecule has 0 saturated heterocycles. The molecule has 1 N–H and O–H groups in total. The van der Waals surface area contributed by atoms with Gasteiger partial charge in [0, 0.05) is 12.7 Å². The molecule has 2 saturated carbocycles. The molecular weight excluding hydrogens is 300 g/mol. The molecule has 0 amide bonds. The Morgan fingerprint density at radius 2 is 1.91 bits per heavy atom. The lowest BCUT2D eigenvalue weighted by Crippen LogP contribution is -2.50. The summed E-state index contributed by atoms with van der Waals surface area (Å²) in [5.74, 6) is 1.25. The number of aliphatic hydroxyl groups is 1. The maximum absolute atomic E-state index is 9.29. The Balaban J connectivity index is 2.16. The molecule has 0 aromatic carbocycles. The van der Waals surface area contributed by atoms with E-state index in [4.69, 9.17) is 4.43 Å². The van der Waals surface area contributed by atoms with E-state index in [1.165, 1.54) is 37.7 Å². The highest BCUT2D eigenvalue weighted by Crippen LogP contribution is 2.59. The summed E-state index contributed by atoms with van der Waals surface area (Å²) in [5, 5.41) is 9.57. The molecule has 3 heteroatoms. The lowest BCUT2D eigenvalue weighted by Gasteiger charge is -2.49. The highest BCUT2D eigenvalue weighted by atomic mass is 28.4. The van der Waals surface area contributed by atoms with Gasteiger partial charge in [-0.1, -0.05) is 46.3 Å². The van der Waals surface area contributed by atoms with Crippen molar-refractivity contribution in [3.63, 3.8) is 0 Å². The predicted octanol–water partition coefficient (Wildman–Crippen LogP) is 5.53. The number of rotatable bonds is 5. The third-order valence-electron chi connectivity index (χ3n) is 7.24. The first-order valence-corrected chi connectivity index (χ1v) is 12.4. The van der Waals surface area contributed by atoms with Crippen molar-refractivity contribution in [3.05, 3.63) is 12.2 Å². The van der Waals surface area contributed by atoms with Gasteiger partial charge in [0.15, 0.2) is 8.32 Å². The van der Waals surface area contributed by atoms with Crippen molar-refractivity contribution in [2.45, 2.75) is 90.5 Å². The molecule has 0 unspecified atom stereocenters. The van der Waals surface area contributed by atoms with Gasteiger partial charge in [-0.25, -0.2) is 0 Å². The van der Waals surface area contributed by atoms with Crippen LogP contribution in [0.3, 0.4) is 0 Å². The Bertz CT molecular complexity index is 437. The van der Waals surface area contributed by atoms with Crippen LogP contribution in [-0.2, 0) is 4.43 Å². The summed E-state index contributed by atoms with van der Waals surface area (Å²) >= 11 is 0. The molecule has 0 spiro atoms. The molecule has 0 aromatic rings. The van der Waals surface area contributed by atoms with Crippen LogP contribution < -0.4 is 0 Å². The Morgan fingerprint density at radius 3 is 2.48 bits per heavy atom. The highest BCUT2D eigenvalue weighted by molar-refractivity contribution is 6.74. The normalized spacial score (nSPS) is 35.2. The maximum Gasteiger partial charge on any atom is 0.192 e. The number of aliphatic hydroxyl groups excluding tert-OH is 1. The second-order valence-electron chi connectivity index (χ2n) is 9.68. The van der Waals surface area contributed by atoms with Crippen molar-refractivity contribution in [3.8, 4) is 0 Å². The fourth-order valence-electron chi connectivity index (χ4n) is 4.80. The van der Waals surface area contributed by atoms with E-state index in [1.54, 1.807) is 0 Å².